The van der Waals surface area contributed by atoms with Crippen molar-refractivity contribution in [3.8, 4) is 0 Å². The second kappa shape index (κ2) is 6.70. The topological polar surface area (TPSA) is 72.5 Å². The fourth-order valence-corrected chi connectivity index (χ4v) is 1.08. The molecule has 0 atom stereocenters. The van der Waals surface area contributed by atoms with E-state index in [0.717, 1.165) is 5.56 Å². The monoisotopic (exact) mass is 253 g/mol. The summed E-state index contributed by atoms with van der Waals surface area (Å²) in [5, 5.41) is 1.26. The predicted molar refractivity (Wildman–Crippen MR) is 63.6 cm³/mol. The third-order valence-electron chi connectivity index (χ3n) is 1.84. The van der Waals surface area contributed by atoms with Crippen LogP contribution in [-0.4, -0.2) is 23.5 Å². The number of carbonyl (C=O) groups excluding carboxylic acids is 3. The summed E-state index contributed by atoms with van der Waals surface area (Å²) in [6.07, 6.45) is -0.753. The van der Waals surface area contributed by atoms with Gasteiger partial charge in [-0.3, -0.25) is 9.59 Å². The number of thiol groups is 1. The highest BCUT2D eigenvalue weighted by atomic mass is 32.1. The van der Waals surface area contributed by atoms with E-state index in [1.165, 1.54) is 0 Å². The second-order valence-corrected chi connectivity index (χ2v) is 3.55. The maximum Gasteiger partial charge on any atom is 0.407 e. The lowest BCUT2D eigenvalue weighted by Crippen LogP contribution is -2.32. The molecule has 0 aliphatic heterocycles. The molecule has 1 rings (SSSR count). The molecule has 1 N–H and O–H groups in total. The summed E-state index contributed by atoms with van der Waals surface area (Å²) < 4.78 is 4.82. The lowest BCUT2D eigenvalue weighted by molar-refractivity contribution is -0.130. The summed E-state index contributed by atoms with van der Waals surface area (Å²) in [6, 6.07) is 9.09. The molecule has 0 unspecified atom stereocenters. The van der Waals surface area contributed by atoms with E-state index in [1.807, 2.05) is 18.2 Å². The van der Waals surface area contributed by atoms with Crippen molar-refractivity contribution in [3.63, 3.8) is 0 Å². The van der Waals surface area contributed by atoms with Gasteiger partial charge >= 0.3 is 6.09 Å². The minimum absolute atomic E-state index is 0.107. The Balaban J connectivity index is 2.27. The van der Waals surface area contributed by atoms with Crippen LogP contribution in [0.5, 0.6) is 0 Å². The molecule has 0 aliphatic rings. The SMILES string of the molecule is O=C(NCC(=O)C(=O)S)OCc1ccccc1. The number of ether oxygens (including phenoxy) is 1. The number of Topliss-reactive ketones (excluding diaryl/α,β-unsaturated/α-hetero) is 1. The van der Waals surface area contributed by atoms with Gasteiger partial charge in [0.1, 0.15) is 6.61 Å². The molecular weight excluding hydrogens is 242 g/mol. The first-order valence-electron chi connectivity index (χ1n) is 4.80. The number of amides is 1. The largest absolute Gasteiger partial charge is 0.445 e. The Labute approximate surface area is 104 Å². The van der Waals surface area contributed by atoms with Crippen molar-refractivity contribution in [1.29, 1.82) is 0 Å². The third-order valence-corrected chi connectivity index (χ3v) is 2.09. The number of ketones is 1. The minimum Gasteiger partial charge on any atom is -0.445 e. The predicted octanol–water partition coefficient (Wildman–Crippen LogP) is 0.938. The Morgan fingerprint density at radius 3 is 2.41 bits per heavy atom. The molecule has 1 amide bonds. The number of hydrogen-bond donors (Lipinski definition) is 2. The normalized spacial score (nSPS) is 9.47. The Hall–Kier alpha value is -1.82. The van der Waals surface area contributed by atoms with Crippen LogP contribution in [0.4, 0.5) is 4.79 Å². The molecule has 0 bridgehead atoms. The van der Waals surface area contributed by atoms with Gasteiger partial charge in [0.2, 0.25) is 5.78 Å². The van der Waals surface area contributed by atoms with Crippen LogP contribution < -0.4 is 5.32 Å². The van der Waals surface area contributed by atoms with Crippen molar-refractivity contribution < 1.29 is 19.1 Å². The summed E-state index contributed by atoms with van der Waals surface area (Å²) in [6.45, 7) is -0.300. The molecule has 0 saturated heterocycles. The summed E-state index contributed by atoms with van der Waals surface area (Å²) in [7, 11) is 0. The van der Waals surface area contributed by atoms with Crippen LogP contribution >= 0.6 is 12.6 Å². The van der Waals surface area contributed by atoms with Gasteiger partial charge in [0, 0.05) is 0 Å². The molecule has 90 valence electrons. The van der Waals surface area contributed by atoms with Crippen molar-refractivity contribution in [2.45, 2.75) is 6.61 Å². The Bertz CT molecular complexity index is 419. The van der Waals surface area contributed by atoms with Gasteiger partial charge < -0.3 is 10.1 Å². The van der Waals surface area contributed by atoms with Crippen LogP contribution in [0.15, 0.2) is 30.3 Å². The number of hydrogen-bond acceptors (Lipinski definition) is 4. The Morgan fingerprint density at radius 1 is 1.18 bits per heavy atom. The Morgan fingerprint density at radius 2 is 1.82 bits per heavy atom. The molecule has 5 nitrogen and oxygen atoms in total. The second-order valence-electron chi connectivity index (χ2n) is 3.14. The van der Waals surface area contributed by atoms with E-state index in [2.05, 4.69) is 17.9 Å². The van der Waals surface area contributed by atoms with Crippen molar-refractivity contribution in [3.05, 3.63) is 35.9 Å². The molecule has 6 heteroatoms. The van der Waals surface area contributed by atoms with Gasteiger partial charge in [-0.1, -0.05) is 43.0 Å². The zero-order valence-corrected chi connectivity index (χ0v) is 9.78. The van der Waals surface area contributed by atoms with E-state index in [1.54, 1.807) is 12.1 Å². The smallest absolute Gasteiger partial charge is 0.407 e. The molecule has 0 fully saturated rings. The zero-order valence-electron chi connectivity index (χ0n) is 8.88. The van der Waals surface area contributed by atoms with Gasteiger partial charge in [-0.05, 0) is 5.56 Å². The lowest BCUT2D eigenvalue weighted by atomic mass is 10.2. The lowest BCUT2D eigenvalue weighted by Gasteiger charge is -2.05. The fourth-order valence-electron chi connectivity index (χ4n) is 1.00. The first-order valence-corrected chi connectivity index (χ1v) is 5.25. The minimum atomic E-state index is -0.895. The van der Waals surface area contributed by atoms with Gasteiger partial charge in [0.15, 0.2) is 0 Å². The molecule has 0 spiro atoms. The molecule has 1 aromatic rings. The summed E-state index contributed by atoms with van der Waals surface area (Å²) in [4.78, 5) is 32.4. The van der Waals surface area contributed by atoms with E-state index in [9.17, 15) is 14.4 Å². The maximum absolute atomic E-state index is 11.1. The van der Waals surface area contributed by atoms with Gasteiger partial charge in [-0.25, -0.2) is 4.79 Å². The molecule has 0 saturated carbocycles. The van der Waals surface area contributed by atoms with Crippen LogP contribution in [0.3, 0.4) is 0 Å². The van der Waals surface area contributed by atoms with Crippen LogP contribution in [0.25, 0.3) is 0 Å². The van der Waals surface area contributed by atoms with E-state index in [4.69, 9.17) is 4.74 Å². The average molecular weight is 253 g/mol. The average Bonchev–Trinajstić information content (AvgIpc) is 2.34. The van der Waals surface area contributed by atoms with E-state index < -0.39 is 23.5 Å². The molecular formula is C11H11NO4S. The van der Waals surface area contributed by atoms with Crippen molar-refractivity contribution in [2.75, 3.05) is 6.54 Å². The first kappa shape index (κ1) is 13.2. The van der Waals surface area contributed by atoms with E-state index >= 15 is 0 Å². The number of rotatable bonds is 5. The number of alkyl carbamates (subject to hydrolysis) is 1. The molecule has 0 aliphatic carbocycles. The molecule has 0 heterocycles. The summed E-state index contributed by atoms with van der Waals surface area (Å²) in [5.74, 6) is -0.787. The van der Waals surface area contributed by atoms with Gasteiger partial charge in [0.05, 0.1) is 6.54 Å². The standard InChI is InChI=1S/C11H11NO4S/c13-9(10(14)17)6-12-11(15)16-7-8-4-2-1-3-5-8/h1-5H,6-7H2,(H,12,15)(H,14,17). The first-order chi connectivity index (χ1) is 8.09. The number of nitrogens with one attached hydrogen (secondary N) is 1. The van der Waals surface area contributed by atoms with Crippen molar-refractivity contribution >= 4 is 29.6 Å². The van der Waals surface area contributed by atoms with Crippen LogP contribution in [0, 0.1) is 0 Å². The molecule has 0 aromatic heterocycles. The van der Waals surface area contributed by atoms with E-state index in [0.29, 0.717) is 0 Å². The fraction of sp³-hybridized carbons (Fsp3) is 0.182. The highest BCUT2D eigenvalue weighted by Gasteiger charge is 2.10. The zero-order chi connectivity index (χ0) is 12.7. The van der Waals surface area contributed by atoms with Crippen molar-refractivity contribution in [2.24, 2.45) is 0 Å². The number of carbonyl (C=O) groups is 3. The quantitative estimate of drug-likeness (QED) is 0.605. The highest BCUT2D eigenvalue weighted by molar-refractivity contribution is 7.98. The third kappa shape index (κ3) is 5.17. The maximum atomic E-state index is 11.1. The molecule has 17 heavy (non-hydrogen) atoms. The van der Waals surface area contributed by atoms with Gasteiger partial charge in [-0.2, -0.15) is 0 Å². The van der Waals surface area contributed by atoms with Crippen LogP contribution in [-0.2, 0) is 20.9 Å². The highest BCUT2D eigenvalue weighted by Crippen LogP contribution is 2.00. The number of benzene rings is 1. The van der Waals surface area contributed by atoms with Crippen LogP contribution in [0.2, 0.25) is 0 Å². The molecule has 1 aromatic carbocycles. The van der Waals surface area contributed by atoms with Crippen LogP contribution in [0.1, 0.15) is 5.56 Å². The van der Waals surface area contributed by atoms with E-state index in [-0.39, 0.29) is 6.61 Å². The Kier molecular flexibility index (Phi) is 5.22. The molecule has 0 radical (unpaired) electrons. The van der Waals surface area contributed by atoms with Crippen molar-refractivity contribution in [1.82, 2.24) is 5.32 Å². The summed E-state index contributed by atoms with van der Waals surface area (Å²) in [5.41, 5.74) is 0.833. The summed E-state index contributed by atoms with van der Waals surface area (Å²) >= 11 is 3.32. The van der Waals surface area contributed by atoms with Gasteiger partial charge in [-0.15, -0.1) is 0 Å². The van der Waals surface area contributed by atoms with Gasteiger partial charge in [0.25, 0.3) is 5.12 Å².